The summed E-state index contributed by atoms with van der Waals surface area (Å²) in [4.78, 5) is 13.4. The van der Waals surface area contributed by atoms with Crippen LogP contribution in [0.15, 0.2) is 24.3 Å². The van der Waals surface area contributed by atoms with Gasteiger partial charge in [-0.3, -0.25) is 4.90 Å². The number of unbranched alkanes of at least 4 members (excludes halogenated alkanes) is 8. The van der Waals surface area contributed by atoms with E-state index in [4.69, 9.17) is 0 Å². The van der Waals surface area contributed by atoms with Crippen LogP contribution in [-0.4, -0.2) is 30.5 Å². The fraction of sp³-hybridized carbons (Fsp3) is 0.808. The number of hydrogen-bond donors (Lipinski definition) is 0. The van der Waals surface area contributed by atoms with Crippen molar-refractivity contribution in [3.63, 3.8) is 0 Å². The van der Waals surface area contributed by atoms with Gasteiger partial charge in [0.25, 0.3) is 0 Å². The fourth-order valence-electron chi connectivity index (χ4n) is 3.66. The predicted octanol–water partition coefficient (Wildman–Crippen LogP) is 3.15. The van der Waals surface area contributed by atoms with Crippen molar-refractivity contribution in [3.05, 3.63) is 24.3 Å². The first-order valence-electron chi connectivity index (χ1n) is 12.3. The molecule has 0 fully saturated rings. The zero-order valence-corrected chi connectivity index (χ0v) is 22.8. The monoisotopic (exact) mass is 429 g/mol. The maximum Gasteiger partial charge on any atom is 1.00 e. The van der Waals surface area contributed by atoms with Crippen molar-refractivity contribution in [2.45, 2.75) is 105 Å². The van der Waals surface area contributed by atoms with Crippen molar-refractivity contribution in [3.8, 4) is 0 Å². The first-order valence-corrected chi connectivity index (χ1v) is 12.3. The zero-order valence-electron chi connectivity index (χ0n) is 20.8. The van der Waals surface area contributed by atoms with Gasteiger partial charge in [-0.25, -0.2) is 0 Å². The molecule has 0 bridgehead atoms. The third kappa shape index (κ3) is 19.8. The van der Waals surface area contributed by atoms with Gasteiger partial charge in [0, 0.05) is 19.6 Å². The Morgan fingerprint density at radius 2 is 1.20 bits per heavy atom. The molecule has 2 unspecified atom stereocenters. The van der Waals surface area contributed by atoms with Crippen LogP contribution in [0.1, 0.15) is 105 Å². The van der Waals surface area contributed by atoms with Crippen molar-refractivity contribution in [1.82, 2.24) is 4.90 Å². The molecule has 0 aromatic heterocycles. The maximum atomic E-state index is 11.3. The number of rotatable bonds is 20. The third-order valence-corrected chi connectivity index (χ3v) is 5.65. The smallest absolute Gasteiger partial charge is 0.549 e. The molecule has 0 aliphatic rings. The van der Waals surface area contributed by atoms with Crippen molar-refractivity contribution in [2.24, 2.45) is 11.8 Å². The van der Waals surface area contributed by atoms with Crippen LogP contribution in [-0.2, 0) is 4.79 Å². The Morgan fingerprint density at radius 3 is 1.53 bits per heavy atom. The van der Waals surface area contributed by atoms with Crippen LogP contribution in [0, 0.1) is 11.8 Å². The van der Waals surface area contributed by atoms with E-state index in [9.17, 15) is 9.90 Å². The van der Waals surface area contributed by atoms with E-state index >= 15 is 0 Å². The van der Waals surface area contributed by atoms with Crippen molar-refractivity contribution >= 4 is 5.97 Å². The van der Waals surface area contributed by atoms with Crippen LogP contribution in [0.25, 0.3) is 0 Å². The molecule has 2 atom stereocenters. The number of hydrogen-bond acceptors (Lipinski definition) is 3. The molecule has 30 heavy (non-hydrogen) atoms. The molecule has 0 saturated heterocycles. The van der Waals surface area contributed by atoms with E-state index in [1.807, 2.05) is 0 Å². The van der Waals surface area contributed by atoms with Crippen LogP contribution < -0.4 is 34.7 Å². The summed E-state index contributed by atoms with van der Waals surface area (Å²) in [5.74, 6) is -0.145. The molecule has 0 aromatic carbocycles. The molecule has 0 radical (unpaired) electrons. The molecule has 0 aromatic rings. The maximum absolute atomic E-state index is 11.3. The van der Waals surface area contributed by atoms with Gasteiger partial charge in [-0.1, -0.05) is 90.5 Å². The van der Waals surface area contributed by atoms with Gasteiger partial charge in [0.05, 0.1) is 5.97 Å². The molecule has 0 N–H and O–H groups in total. The summed E-state index contributed by atoms with van der Waals surface area (Å²) in [5, 5.41) is 11.3. The number of allylic oxidation sites excluding steroid dienone is 2. The Hall–Kier alpha value is -0.0900. The molecule has 4 heteroatoms. The summed E-state index contributed by atoms with van der Waals surface area (Å²) >= 11 is 0. The largest absolute Gasteiger partial charge is 1.00 e. The molecule has 0 amide bonds. The SMILES string of the molecule is CCCCCC/C=C/C(CC)CN(CC(=O)[O-])CC(/C=C/CCCCCC)CC.[Na+]. The molecular weight excluding hydrogens is 381 g/mol. The first kappa shape index (κ1) is 32.1. The molecule has 3 nitrogen and oxygen atoms in total. The van der Waals surface area contributed by atoms with Gasteiger partial charge in [0.2, 0.25) is 0 Å². The van der Waals surface area contributed by atoms with Crippen LogP contribution in [0.5, 0.6) is 0 Å². The molecule has 170 valence electrons. The second-order valence-corrected chi connectivity index (χ2v) is 8.46. The molecule has 0 aliphatic carbocycles. The Balaban J connectivity index is 0. The third-order valence-electron chi connectivity index (χ3n) is 5.65. The average Bonchev–Trinajstić information content (AvgIpc) is 2.70. The van der Waals surface area contributed by atoms with Gasteiger partial charge in [0.15, 0.2) is 0 Å². The quantitative estimate of drug-likeness (QED) is 0.170. The fourth-order valence-corrected chi connectivity index (χ4v) is 3.66. The average molecular weight is 430 g/mol. The predicted molar refractivity (Wildman–Crippen MR) is 125 cm³/mol. The number of aliphatic carboxylic acids is 1. The van der Waals surface area contributed by atoms with Crippen molar-refractivity contribution in [1.29, 1.82) is 0 Å². The Bertz CT molecular complexity index is 405. The summed E-state index contributed by atoms with van der Waals surface area (Å²) in [5.41, 5.74) is 0. The van der Waals surface area contributed by atoms with Crippen LogP contribution >= 0.6 is 0 Å². The number of carboxylic acids is 1. The van der Waals surface area contributed by atoms with Crippen molar-refractivity contribution < 1.29 is 39.5 Å². The molecule has 0 rings (SSSR count). The van der Waals surface area contributed by atoms with Crippen molar-refractivity contribution in [2.75, 3.05) is 19.6 Å². The van der Waals surface area contributed by atoms with E-state index < -0.39 is 5.97 Å². The minimum Gasteiger partial charge on any atom is -0.549 e. The van der Waals surface area contributed by atoms with Crippen LogP contribution in [0.3, 0.4) is 0 Å². The van der Waals surface area contributed by atoms with Gasteiger partial charge >= 0.3 is 29.6 Å². The van der Waals surface area contributed by atoms with E-state index in [0.717, 1.165) is 38.8 Å². The molecule has 0 spiro atoms. The summed E-state index contributed by atoms with van der Waals surface area (Å²) in [7, 11) is 0. The molecular formula is C26H48NNaO2. The van der Waals surface area contributed by atoms with Gasteiger partial charge in [-0.05, 0) is 50.4 Å². The standard InChI is InChI=1S/C26H49NO2.Na/c1-5-9-11-13-15-17-19-24(7-3)21-27(23-26(28)29)22-25(8-4)20-18-16-14-12-10-6-2;/h17-20,24-25H,5-16,21-23H2,1-4H3,(H,28,29);/q;+1/p-1/b19-17+,20-18+;. The van der Waals surface area contributed by atoms with E-state index in [-0.39, 0.29) is 36.1 Å². The number of carbonyl (C=O) groups excluding carboxylic acids is 1. The van der Waals surface area contributed by atoms with E-state index in [1.54, 1.807) is 0 Å². The van der Waals surface area contributed by atoms with E-state index in [1.165, 1.54) is 51.4 Å². The minimum atomic E-state index is -0.971. The summed E-state index contributed by atoms with van der Waals surface area (Å²) in [6, 6.07) is 0. The second-order valence-electron chi connectivity index (χ2n) is 8.46. The minimum absolute atomic E-state index is 0. The van der Waals surface area contributed by atoms with Gasteiger partial charge in [-0.15, -0.1) is 0 Å². The summed E-state index contributed by atoms with van der Waals surface area (Å²) in [6.45, 7) is 10.5. The van der Waals surface area contributed by atoms with Crippen LogP contribution in [0.2, 0.25) is 0 Å². The summed E-state index contributed by atoms with van der Waals surface area (Å²) in [6.07, 6.45) is 23.8. The summed E-state index contributed by atoms with van der Waals surface area (Å²) < 4.78 is 0. The van der Waals surface area contributed by atoms with Gasteiger partial charge < -0.3 is 9.90 Å². The van der Waals surface area contributed by atoms with Gasteiger partial charge in [-0.2, -0.15) is 0 Å². The number of nitrogens with zero attached hydrogens (tertiary/aromatic N) is 1. The zero-order chi connectivity index (χ0) is 21.7. The molecule has 0 heterocycles. The van der Waals surface area contributed by atoms with Crippen LogP contribution in [0.4, 0.5) is 0 Å². The Kier molecular flexibility index (Phi) is 25.2. The molecule has 0 aliphatic heterocycles. The van der Waals surface area contributed by atoms with E-state index in [2.05, 4.69) is 56.9 Å². The normalized spacial score (nSPS) is 13.8. The van der Waals surface area contributed by atoms with E-state index in [0.29, 0.717) is 11.8 Å². The molecule has 0 saturated carbocycles. The topological polar surface area (TPSA) is 43.4 Å². The number of carbonyl (C=O) groups is 1. The number of carboxylic acid groups (broad SMARTS) is 1. The first-order chi connectivity index (χ1) is 14.1. The Morgan fingerprint density at radius 1 is 0.767 bits per heavy atom. The Labute approximate surface area is 210 Å². The second kappa shape index (κ2) is 23.6. The van der Waals surface area contributed by atoms with Gasteiger partial charge in [0.1, 0.15) is 0 Å².